The lowest BCUT2D eigenvalue weighted by Gasteiger charge is -2.27. The summed E-state index contributed by atoms with van der Waals surface area (Å²) in [6, 6.07) is 23.4. The van der Waals surface area contributed by atoms with Crippen molar-refractivity contribution in [2.45, 2.75) is 20.8 Å². The molecule has 0 saturated carbocycles. The van der Waals surface area contributed by atoms with Gasteiger partial charge in [-0.1, -0.05) is 29.8 Å². The molecule has 0 aliphatic carbocycles. The van der Waals surface area contributed by atoms with Crippen LogP contribution < -0.4 is 9.64 Å². The van der Waals surface area contributed by atoms with Crippen LogP contribution in [0, 0.1) is 20.8 Å². The van der Waals surface area contributed by atoms with Gasteiger partial charge in [-0.3, -0.25) is 0 Å². The summed E-state index contributed by atoms with van der Waals surface area (Å²) in [7, 11) is 1.69. The van der Waals surface area contributed by atoms with Gasteiger partial charge in [0.15, 0.2) is 0 Å². The maximum Gasteiger partial charge on any atom is 0.119 e. The van der Waals surface area contributed by atoms with Gasteiger partial charge in [-0.15, -0.1) is 0 Å². The van der Waals surface area contributed by atoms with Crippen molar-refractivity contribution < 1.29 is 4.74 Å². The zero-order chi connectivity index (χ0) is 17.1. The Balaban J connectivity index is 2.16. The Hall–Kier alpha value is -2.74. The third kappa shape index (κ3) is 3.28. The second kappa shape index (κ2) is 6.79. The van der Waals surface area contributed by atoms with E-state index in [0.29, 0.717) is 0 Å². The van der Waals surface area contributed by atoms with Crippen LogP contribution in [0.1, 0.15) is 16.7 Å². The molecule has 0 fully saturated rings. The molecule has 0 N–H and O–H groups in total. The number of methoxy groups -OCH3 is 1. The van der Waals surface area contributed by atoms with E-state index in [4.69, 9.17) is 4.74 Å². The third-order valence-electron chi connectivity index (χ3n) is 4.18. The van der Waals surface area contributed by atoms with E-state index in [-0.39, 0.29) is 0 Å². The van der Waals surface area contributed by atoms with Gasteiger partial charge in [0.2, 0.25) is 0 Å². The molecule has 0 radical (unpaired) electrons. The Bertz CT molecular complexity index is 837. The van der Waals surface area contributed by atoms with Gasteiger partial charge in [0, 0.05) is 17.1 Å². The summed E-state index contributed by atoms with van der Waals surface area (Å²) in [6.07, 6.45) is 0. The fourth-order valence-electron chi connectivity index (χ4n) is 2.98. The second-order valence-electron chi connectivity index (χ2n) is 6.16. The topological polar surface area (TPSA) is 12.5 Å². The summed E-state index contributed by atoms with van der Waals surface area (Å²) in [6.45, 7) is 6.41. The molecule has 0 atom stereocenters. The molecule has 24 heavy (non-hydrogen) atoms. The Morgan fingerprint density at radius 1 is 0.708 bits per heavy atom. The first kappa shape index (κ1) is 16.1. The van der Waals surface area contributed by atoms with Crippen molar-refractivity contribution >= 4 is 17.1 Å². The molecule has 3 rings (SSSR count). The fraction of sp³-hybridized carbons (Fsp3) is 0.182. The Morgan fingerprint density at radius 3 is 2.04 bits per heavy atom. The third-order valence-corrected chi connectivity index (χ3v) is 4.18. The second-order valence-corrected chi connectivity index (χ2v) is 6.16. The molecule has 0 aliphatic heterocycles. The largest absolute Gasteiger partial charge is 0.497 e. The quantitative estimate of drug-likeness (QED) is 0.577. The molecule has 0 saturated heterocycles. The van der Waals surface area contributed by atoms with Crippen molar-refractivity contribution in [3.63, 3.8) is 0 Å². The van der Waals surface area contributed by atoms with Crippen molar-refractivity contribution in [3.8, 4) is 5.75 Å². The van der Waals surface area contributed by atoms with E-state index < -0.39 is 0 Å². The predicted molar refractivity (Wildman–Crippen MR) is 102 cm³/mol. The predicted octanol–water partition coefficient (Wildman–Crippen LogP) is 6.09. The lowest BCUT2D eigenvalue weighted by atomic mass is 10.1. The van der Waals surface area contributed by atoms with Crippen molar-refractivity contribution in [2.24, 2.45) is 0 Å². The summed E-state index contributed by atoms with van der Waals surface area (Å²) < 4.78 is 5.30. The lowest BCUT2D eigenvalue weighted by molar-refractivity contribution is 0.415. The number of hydrogen-bond donors (Lipinski definition) is 0. The summed E-state index contributed by atoms with van der Waals surface area (Å²) >= 11 is 0. The first-order valence-electron chi connectivity index (χ1n) is 8.16. The van der Waals surface area contributed by atoms with Crippen molar-refractivity contribution in [1.29, 1.82) is 0 Å². The molecule has 0 heterocycles. The minimum atomic E-state index is 0.864. The lowest BCUT2D eigenvalue weighted by Crippen LogP contribution is -2.11. The highest BCUT2D eigenvalue weighted by Crippen LogP contribution is 2.37. The van der Waals surface area contributed by atoms with Gasteiger partial charge >= 0.3 is 0 Å². The molecule has 2 nitrogen and oxygen atoms in total. The highest BCUT2D eigenvalue weighted by atomic mass is 16.5. The van der Waals surface area contributed by atoms with E-state index in [0.717, 1.165) is 17.1 Å². The average molecular weight is 317 g/mol. The van der Waals surface area contributed by atoms with E-state index in [1.807, 2.05) is 12.1 Å². The van der Waals surface area contributed by atoms with Crippen molar-refractivity contribution in [3.05, 3.63) is 83.4 Å². The minimum Gasteiger partial charge on any atom is -0.497 e. The Kier molecular flexibility index (Phi) is 4.57. The van der Waals surface area contributed by atoms with Crippen molar-refractivity contribution in [1.82, 2.24) is 0 Å². The number of benzene rings is 3. The highest BCUT2D eigenvalue weighted by Gasteiger charge is 2.14. The number of nitrogens with zero attached hydrogens (tertiary/aromatic N) is 1. The average Bonchev–Trinajstić information content (AvgIpc) is 2.58. The summed E-state index contributed by atoms with van der Waals surface area (Å²) in [5, 5.41) is 0. The van der Waals surface area contributed by atoms with Gasteiger partial charge in [-0.2, -0.15) is 0 Å². The van der Waals surface area contributed by atoms with Gasteiger partial charge in [-0.25, -0.2) is 0 Å². The van der Waals surface area contributed by atoms with Crippen LogP contribution in [0.4, 0.5) is 17.1 Å². The zero-order valence-corrected chi connectivity index (χ0v) is 14.7. The van der Waals surface area contributed by atoms with Crippen LogP contribution in [-0.2, 0) is 0 Å². The van der Waals surface area contributed by atoms with E-state index >= 15 is 0 Å². The van der Waals surface area contributed by atoms with Crippen LogP contribution in [0.5, 0.6) is 5.75 Å². The van der Waals surface area contributed by atoms with Crippen LogP contribution in [0.15, 0.2) is 66.7 Å². The number of anilines is 3. The summed E-state index contributed by atoms with van der Waals surface area (Å²) in [5.41, 5.74) is 7.25. The number of hydrogen-bond acceptors (Lipinski definition) is 2. The van der Waals surface area contributed by atoms with Gasteiger partial charge in [0.25, 0.3) is 0 Å². The molecule has 122 valence electrons. The van der Waals surface area contributed by atoms with Crippen molar-refractivity contribution in [2.75, 3.05) is 12.0 Å². The smallest absolute Gasteiger partial charge is 0.119 e. The van der Waals surface area contributed by atoms with E-state index in [1.54, 1.807) is 7.11 Å². The maximum atomic E-state index is 5.30. The molecular formula is C22H23NO. The van der Waals surface area contributed by atoms with E-state index in [1.165, 1.54) is 22.4 Å². The Labute approximate surface area is 144 Å². The van der Waals surface area contributed by atoms with Crippen LogP contribution in [-0.4, -0.2) is 7.11 Å². The normalized spacial score (nSPS) is 10.5. The monoisotopic (exact) mass is 317 g/mol. The molecule has 0 aliphatic rings. The van der Waals surface area contributed by atoms with E-state index in [2.05, 4.69) is 80.3 Å². The molecule has 0 unspecified atom stereocenters. The van der Waals surface area contributed by atoms with Gasteiger partial charge in [0.05, 0.1) is 7.11 Å². The zero-order valence-electron chi connectivity index (χ0n) is 14.7. The summed E-state index contributed by atoms with van der Waals surface area (Å²) in [4.78, 5) is 2.29. The maximum absolute atomic E-state index is 5.30. The fourth-order valence-corrected chi connectivity index (χ4v) is 2.98. The van der Waals surface area contributed by atoms with E-state index in [9.17, 15) is 0 Å². The summed E-state index contributed by atoms with van der Waals surface area (Å²) in [5.74, 6) is 0.864. The standard InChI is InChI=1S/C22H23NO/c1-16-6-5-7-20(15-16)23(19-9-11-21(24-4)12-10-19)22-13-8-17(2)14-18(22)3/h5-15H,1-4H3. The molecule has 0 amide bonds. The molecule has 3 aromatic carbocycles. The molecule has 2 heteroatoms. The number of aryl methyl sites for hydroxylation is 3. The van der Waals surface area contributed by atoms with Gasteiger partial charge < -0.3 is 9.64 Å². The first-order chi connectivity index (χ1) is 11.6. The SMILES string of the molecule is COc1ccc(N(c2cccc(C)c2)c2ccc(C)cc2C)cc1. The molecule has 3 aromatic rings. The van der Waals surface area contributed by atoms with Gasteiger partial charge in [0.1, 0.15) is 5.75 Å². The van der Waals surface area contributed by atoms with Crippen LogP contribution in [0.2, 0.25) is 0 Å². The first-order valence-corrected chi connectivity index (χ1v) is 8.16. The molecule has 0 spiro atoms. The number of ether oxygens (including phenoxy) is 1. The van der Waals surface area contributed by atoms with Crippen LogP contribution in [0.3, 0.4) is 0 Å². The Morgan fingerprint density at radius 2 is 1.42 bits per heavy atom. The molecular weight excluding hydrogens is 294 g/mol. The number of rotatable bonds is 4. The van der Waals surface area contributed by atoms with Crippen LogP contribution >= 0.6 is 0 Å². The van der Waals surface area contributed by atoms with Gasteiger partial charge in [-0.05, 0) is 74.4 Å². The minimum absolute atomic E-state index is 0.864. The molecule has 0 bridgehead atoms. The molecule has 0 aromatic heterocycles. The highest BCUT2D eigenvalue weighted by molar-refractivity contribution is 5.78. The van der Waals surface area contributed by atoms with Crippen LogP contribution in [0.25, 0.3) is 0 Å².